The summed E-state index contributed by atoms with van der Waals surface area (Å²) in [6.45, 7) is 3.70. The summed E-state index contributed by atoms with van der Waals surface area (Å²) in [5.41, 5.74) is 3.83. The average Bonchev–Trinajstić information content (AvgIpc) is 3.19. The maximum atomic E-state index is 12.7. The van der Waals surface area contributed by atoms with Gasteiger partial charge in [0.2, 0.25) is 0 Å². The predicted molar refractivity (Wildman–Crippen MR) is 116 cm³/mol. The van der Waals surface area contributed by atoms with Crippen molar-refractivity contribution in [3.8, 4) is 17.2 Å². The van der Waals surface area contributed by atoms with Gasteiger partial charge >= 0.3 is 0 Å². The first-order chi connectivity index (χ1) is 14.8. The number of carbonyl (C=O) groups excluding carboxylic acids is 1. The minimum Gasteiger partial charge on any atom is -0.497 e. The minimum atomic E-state index is -3.27. The van der Waals surface area contributed by atoms with E-state index in [2.05, 4.69) is 10.4 Å². The number of aryl methyl sites for hydroxylation is 2. The molecule has 0 unspecified atom stereocenters. The zero-order chi connectivity index (χ0) is 22.2. The van der Waals surface area contributed by atoms with Gasteiger partial charge in [0.15, 0.2) is 16.4 Å². The summed E-state index contributed by atoms with van der Waals surface area (Å²) >= 11 is 0. The Bertz CT molecular complexity index is 1260. The molecule has 4 rings (SSSR count). The summed E-state index contributed by atoms with van der Waals surface area (Å²) in [6, 6.07) is 12.8. The molecule has 162 valence electrons. The van der Waals surface area contributed by atoms with Gasteiger partial charge in [0.25, 0.3) is 5.91 Å². The maximum Gasteiger partial charge on any atom is 0.263 e. The molecule has 3 aromatic rings. The Morgan fingerprint density at radius 3 is 2.65 bits per heavy atom. The van der Waals surface area contributed by atoms with Crippen molar-refractivity contribution < 1.29 is 22.7 Å². The van der Waals surface area contributed by atoms with Crippen LogP contribution < -0.4 is 14.8 Å². The lowest BCUT2D eigenvalue weighted by atomic mass is 10.1. The highest BCUT2D eigenvalue weighted by atomic mass is 32.2. The van der Waals surface area contributed by atoms with Crippen LogP contribution in [-0.4, -0.2) is 37.8 Å². The van der Waals surface area contributed by atoms with E-state index in [9.17, 15) is 13.2 Å². The molecule has 0 radical (unpaired) electrons. The number of ether oxygens (including phenoxy) is 2. The van der Waals surface area contributed by atoms with E-state index in [4.69, 9.17) is 9.47 Å². The number of sulfone groups is 1. The number of hydrogen-bond acceptors (Lipinski definition) is 6. The van der Waals surface area contributed by atoms with Crippen LogP contribution in [0, 0.1) is 13.8 Å². The second kappa shape index (κ2) is 8.07. The van der Waals surface area contributed by atoms with Gasteiger partial charge < -0.3 is 14.8 Å². The Morgan fingerprint density at radius 1 is 1.13 bits per heavy atom. The number of aromatic nitrogens is 2. The third-order valence-corrected chi connectivity index (χ3v) is 6.48. The predicted octanol–water partition coefficient (Wildman–Crippen LogP) is 2.94. The van der Waals surface area contributed by atoms with Crippen molar-refractivity contribution in [2.24, 2.45) is 0 Å². The van der Waals surface area contributed by atoms with Gasteiger partial charge in [-0.3, -0.25) is 4.79 Å². The molecule has 0 saturated heterocycles. The van der Waals surface area contributed by atoms with Gasteiger partial charge in [-0.2, -0.15) is 5.10 Å². The second-order valence-electron chi connectivity index (χ2n) is 7.52. The standard InChI is InChI=1S/C22H23N3O5S/c1-14-7-8-20(15(2)9-14)25-22(18-12-31(27,28)13-19(18)24-25)23-21(26)11-30-17-6-4-5-16(10-17)29-3/h4-10H,11-13H2,1-3H3,(H,23,26). The van der Waals surface area contributed by atoms with Crippen LogP contribution in [0.25, 0.3) is 5.69 Å². The first kappa shape index (κ1) is 20.9. The van der Waals surface area contributed by atoms with E-state index in [1.807, 2.05) is 32.0 Å². The number of amides is 1. The summed E-state index contributed by atoms with van der Waals surface area (Å²) in [4.78, 5) is 12.7. The Labute approximate surface area is 180 Å². The van der Waals surface area contributed by atoms with Crippen molar-refractivity contribution in [2.45, 2.75) is 25.4 Å². The monoisotopic (exact) mass is 441 g/mol. The molecule has 0 saturated carbocycles. The van der Waals surface area contributed by atoms with Gasteiger partial charge in [-0.15, -0.1) is 0 Å². The second-order valence-corrected chi connectivity index (χ2v) is 9.59. The van der Waals surface area contributed by atoms with E-state index in [1.165, 1.54) is 0 Å². The zero-order valence-electron chi connectivity index (χ0n) is 17.5. The number of nitrogens with one attached hydrogen (secondary N) is 1. The van der Waals surface area contributed by atoms with Crippen LogP contribution in [0.4, 0.5) is 5.82 Å². The van der Waals surface area contributed by atoms with E-state index in [-0.39, 0.29) is 18.1 Å². The highest BCUT2D eigenvalue weighted by Crippen LogP contribution is 2.33. The van der Waals surface area contributed by atoms with Gasteiger partial charge in [0, 0.05) is 11.6 Å². The molecule has 9 heteroatoms. The quantitative estimate of drug-likeness (QED) is 0.631. The molecule has 0 spiro atoms. The summed E-state index contributed by atoms with van der Waals surface area (Å²) in [5.74, 6) is 0.769. The number of anilines is 1. The largest absolute Gasteiger partial charge is 0.497 e. The van der Waals surface area contributed by atoms with E-state index < -0.39 is 15.7 Å². The number of nitrogens with zero attached hydrogens (tertiary/aromatic N) is 2. The first-order valence-electron chi connectivity index (χ1n) is 9.71. The van der Waals surface area contributed by atoms with Gasteiger partial charge in [0.05, 0.1) is 30.0 Å². The topological polar surface area (TPSA) is 99.5 Å². The fourth-order valence-corrected chi connectivity index (χ4v) is 5.09. The Hall–Kier alpha value is -3.33. The Morgan fingerprint density at radius 2 is 1.90 bits per heavy atom. The molecule has 2 aromatic carbocycles. The fraction of sp³-hybridized carbons (Fsp3) is 0.273. The van der Waals surface area contributed by atoms with Crippen molar-refractivity contribution in [3.63, 3.8) is 0 Å². The van der Waals surface area contributed by atoms with Crippen molar-refractivity contribution >= 4 is 21.6 Å². The molecule has 1 amide bonds. The SMILES string of the molecule is COc1cccc(OCC(=O)Nc2c3c(nn2-c2ccc(C)cc2C)CS(=O)(=O)C3)c1. The minimum absolute atomic E-state index is 0.135. The van der Waals surface area contributed by atoms with Crippen molar-refractivity contribution in [2.75, 3.05) is 19.0 Å². The summed E-state index contributed by atoms with van der Waals surface area (Å²) in [5, 5.41) is 7.32. The summed E-state index contributed by atoms with van der Waals surface area (Å²) < 4.78 is 36.6. The van der Waals surface area contributed by atoms with Crippen LogP contribution >= 0.6 is 0 Å². The van der Waals surface area contributed by atoms with Gasteiger partial charge in [-0.05, 0) is 37.6 Å². The zero-order valence-corrected chi connectivity index (χ0v) is 18.3. The van der Waals surface area contributed by atoms with Crippen molar-refractivity contribution in [1.29, 1.82) is 0 Å². The van der Waals surface area contributed by atoms with E-state index in [1.54, 1.807) is 36.1 Å². The van der Waals surface area contributed by atoms with Crippen molar-refractivity contribution in [3.05, 3.63) is 64.8 Å². The molecule has 2 heterocycles. The molecule has 8 nitrogen and oxygen atoms in total. The number of fused-ring (bicyclic) bond motifs is 1. The van der Waals surface area contributed by atoms with Crippen LogP contribution in [0.1, 0.15) is 22.4 Å². The molecule has 0 aliphatic carbocycles. The molecular weight excluding hydrogens is 418 g/mol. The third-order valence-electron chi connectivity index (χ3n) is 5.04. The molecular formula is C22H23N3O5S. The lowest BCUT2D eigenvalue weighted by Gasteiger charge is -2.14. The number of carbonyl (C=O) groups is 1. The number of benzene rings is 2. The first-order valence-corrected chi connectivity index (χ1v) is 11.5. The van der Waals surface area contributed by atoms with Crippen LogP contribution in [0.2, 0.25) is 0 Å². The Kier molecular flexibility index (Phi) is 5.45. The molecule has 1 aromatic heterocycles. The molecule has 0 fully saturated rings. The smallest absolute Gasteiger partial charge is 0.263 e. The summed E-state index contributed by atoms with van der Waals surface area (Å²) in [6.07, 6.45) is 0. The highest BCUT2D eigenvalue weighted by Gasteiger charge is 2.33. The third kappa shape index (κ3) is 4.41. The van der Waals surface area contributed by atoms with Crippen LogP contribution in [-0.2, 0) is 26.1 Å². The number of rotatable bonds is 6. The van der Waals surface area contributed by atoms with E-state index >= 15 is 0 Å². The van der Waals surface area contributed by atoms with Crippen LogP contribution in [0.5, 0.6) is 11.5 Å². The van der Waals surface area contributed by atoms with Crippen molar-refractivity contribution in [1.82, 2.24) is 9.78 Å². The molecule has 0 bridgehead atoms. The molecule has 31 heavy (non-hydrogen) atoms. The van der Waals surface area contributed by atoms with E-state index in [0.717, 1.165) is 16.8 Å². The van der Waals surface area contributed by atoms with Gasteiger partial charge in [0.1, 0.15) is 17.3 Å². The maximum absolute atomic E-state index is 12.7. The fourth-order valence-electron chi connectivity index (χ4n) is 3.60. The highest BCUT2D eigenvalue weighted by molar-refractivity contribution is 7.90. The molecule has 0 atom stereocenters. The summed E-state index contributed by atoms with van der Waals surface area (Å²) in [7, 11) is -1.72. The molecule has 1 aliphatic heterocycles. The normalized spacial score (nSPS) is 14.2. The number of hydrogen-bond donors (Lipinski definition) is 1. The van der Waals surface area contributed by atoms with E-state index in [0.29, 0.717) is 28.6 Å². The van der Waals surface area contributed by atoms with Crippen LogP contribution in [0.15, 0.2) is 42.5 Å². The van der Waals surface area contributed by atoms with Crippen LogP contribution in [0.3, 0.4) is 0 Å². The number of methoxy groups -OCH3 is 1. The Balaban J connectivity index is 1.61. The molecule has 1 N–H and O–H groups in total. The van der Waals surface area contributed by atoms with Gasteiger partial charge in [-0.25, -0.2) is 13.1 Å². The van der Waals surface area contributed by atoms with Gasteiger partial charge in [-0.1, -0.05) is 23.8 Å². The average molecular weight is 442 g/mol. The lowest BCUT2D eigenvalue weighted by molar-refractivity contribution is -0.118. The molecule has 1 aliphatic rings. The lowest BCUT2D eigenvalue weighted by Crippen LogP contribution is -2.23.